The highest BCUT2D eigenvalue weighted by Gasteiger charge is 2.23. The minimum absolute atomic E-state index is 0.0813. The summed E-state index contributed by atoms with van der Waals surface area (Å²) in [5.41, 5.74) is 1.67. The molecule has 0 aliphatic heterocycles. The predicted octanol–water partition coefficient (Wildman–Crippen LogP) is 4.47. The molecule has 2 aromatic carbocycles. The van der Waals surface area contributed by atoms with Crippen molar-refractivity contribution in [3.8, 4) is 11.5 Å². The van der Waals surface area contributed by atoms with Crippen LogP contribution in [0.3, 0.4) is 0 Å². The summed E-state index contributed by atoms with van der Waals surface area (Å²) in [4.78, 5) is 16.7. The lowest BCUT2D eigenvalue weighted by atomic mass is 10.2. The van der Waals surface area contributed by atoms with E-state index in [1.165, 1.54) is 28.8 Å². The number of hydrogen-bond acceptors (Lipinski definition) is 5. The lowest BCUT2D eigenvalue weighted by Crippen LogP contribution is -2.30. The van der Waals surface area contributed by atoms with E-state index in [0.29, 0.717) is 30.2 Å². The maximum absolute atomic E-state index is 13.0. The van der Waals surface area contributed by atoms with E-state index in [0.717, 1.165) is 5.56 Å². The van der Waals surface area contributed by atoms with Gasteiger partial charge in [-0.3, -0.25) is 9.78 Å². The largest absolute Gasteiger partial charge is 0.455 e. The molecular formula is C23H25N3O4S. The topological polar surface area (TPSA) is 88.6 Å². The minimum atomic E-state index is -3.70. The second-order valence-electron chi connectivity index (χ2n) is 6.86. The molecule has 1 N–H and O–H groups in total. The van der Waals surface area contributed by atoms with Crippen LogP contribution in [0, 0.1) is 6.92 Å². The number of ether oxygens (including phenoxy) is 1. The Bertz CT molecular complexity index is 1160. The Morgan fingerprint density at radius 3 is 2.39 bits per heavy atom. The standard InChI is InChI=1S/C23H25N3O4S/c1-4-26(5-2)31(28,29)20-9-10-22(30-19-8-6-7-17(3)15-19)21(16-20)25-23(27)18-11-13-24-14-12-18/h6-16H,4-5H2,1-3H3,(H,25,27). The second kappa shape index (κ2) is 9.72. The summed E-state index contributed by atoms with van der Waals surface area (Å²) in [6.07, 6.45) is 3.03. The molecule has 7 nitrogen and oxygen atoms in total. The fraction of sp³-hybridized carbons (Fsp3) is 0.217. The van der Waals surface area contributed by atoms with Gasteiger partial charge in [0, 0.05) is 31.0 Å². The van der Waals surface area contributed by atoms with Crippen LogP contribution in [0.5, 0.6) is 11.5 Å². The highest BCUT2D eigenvalue weighted by Crippen LogP contribution is 2.33. The third-order valence-corrected chi connectivity index (χ3v) is 6.75. The van der Waals surface area contributed by atoms with Crippen LogP contribution >= 0.6 is 0 Å². The first-order chi connectivity index (χ1) is 14.8. The molecule has 162 valence electrons. The van der Waals surface area contributed by atoms with Gasteiger partial charge in [0.25, 0.3) is 5.91 Å². The van der Waals surface area contributed by atoms with E-state index >= 15 is 0 Å². The average molecular weight is 440 g/mol. The summed E-state index contributed by atoms with van der Waals surface area (Å²) < 4.78 is 33.3. The van der Waals surface area contributed by atoms with Gasteiger partial charge in [0.1, 0.15) is 5.75 Å². The summed E-state index contributed by atoms with van der Waals surface area (Å²) in [5, 5.41) is 2.77. The number of pyridine rings is 1. The van der Waals surface area contributed by atoms with Crippen LogP contribution < -0.4 is 10.1 Å². The number of aromatic nitrogens is 1. The zero-order valence-corrected chi connectivity index (χ0v) is 18.5. The lowest BCUT2D eigenvalue weighted by Gasteiger charge is -2.20. The molecule has 3 aromatic rings. The third-order valence-electron chi connectivity index (χ3n) is 4.70. The molecule has 0 bridgehead atoms. The molecule has 0 spiro atoms. The Kier molecular flexibility index (Phi) is 7.04. The van der Waals surface area contributed by atoms with Gasteiger partial charge in [0.05, 0.1) is 10.6 Å². The van der Waals surface area contributed by atoms with Crippen LogP contribution in [-0.2, 0) is 10.0 Å². The van der Waals surface area contributed by atoms with Crippen LogP contribution in [0.4, 0.5) is 5.69 Å². The molecule has 31 heavy (non-hydrogen) atoms. The van der Waals surface area contributed by atoms with E-state index < -0.39 is 15.9 Å². The molecule has 0 saturated heterocycles. The molecule has 1 heterocycles. The first kappa shape index (κ1) is 22.5. The minimum Gasteiger partial charge on any atom is -0.455 e. The van der Waals surface area contributed by atoms with Crippen LogP contribution in [-0.4, -0.2) is 36.7 Å². The van der Waals surface area contributed by atoms with Gasteiger partial charge >= 0.3 is 0 Å². The van der Waals surface area contributed by atoms with Crippen LogP contribution in [0.2, 0.25) is 0 Å². The molecule has 0 radical (unpaired) electrons. The smallest absolute Gasteiger partial charge is 0.255 e. The van der Waals surface area contributed by atoms with E-state index in [-0.39, 0.29) is 10.6 Å². The molecule has 1 aromatic heterocycles. The summed E-state index contributed by atoms with van der Waals surface area (Å²) in [7, 11) is -3.70. The maximum Gasteiger partial charge on any atom is 0.255 e. The number of rotatable bonds is 8. The van der Waals surface area contributed by atoms with E-state index in [1.807, 2.05) is 25.1 Å². The number of carbonyl (C=O) groups excluding carboxylic acids is 1. The Balaban J connectivity index is 2.02. The van der Waals surface area contributed by atoms with Crippen molar-refractivity contribution in [3.05, 3.63) is 78.1 Å². The van der Waals surface area contributed by atoms with Crippen molar-refractivity contribution in [1.29, 1.82) is 0 Å². The summed E-state index contributed by atoms with van der Waals surface area (Å²) in [6.45, 7) is 6.20. The lowest BCUT2D eigenvalue weighted by molar-refractivity contribution is 0.102. The highest BCUT2D eigenvalue weighted by atomic mass is 32.2. The maximum atomic E-state index is 13.0. The molecule has 0 saturated carbocycles. The van der Waals surface area contributed by atoms with Crippen molar-refractivity contribution < 1.29 is 17.9 Å². The summed E-state index contributed by atoms with van der Waals surface area (Å²) >= 11 is 0. The van der Waals surface area contributed by atoms with E-state index in [4.69, 9.17) is 4.74 Å². The van der Waals surface area contributed by atoms with Crippen molar-refractivity contribution in [2.75, 3.05) is 18.4 Å². The molecule has 0 aliphatic rings. The molecule has 1 amide bonds. The summed E-state index contributed by atoms with van der Waals surface area (Å²) in [5.74, 6) is 0.527. The van der Waals surface area contributed by atoms with Gasteiger partial charge in [0.2, 0.25) is 10.0 Å². The van der Waals surface area contributed by atoms with E-state index in [1.54, 1.807) is 38.1 Å². The van der Waals surface area contributed by atoms with Crippen molar-refractivity contribution in [3.63, 3.8) is 0 Å². The first-order valence-electron chi connectivity index (χ1n) is 9.95. The fourth-order valence-corrected chi connectivity index (χ4v) is 4.56. The normalized spacial score (nSPS) is 11.4. The Morgan fingerprint density at radius 1 is 1.03 bits per heavy atom. The van der Waals surface area contributed by atoms with Crippen LogP contribution in [0.25, 0.3) is 0 Å². The van der Waals surface area contributed by atoms with E-state index in [2.05, 4.69) is 10.3 Å². The van der Waals surface area contributed by atoms with Crippen molar-refractivity contribution >= 4 is 21.6 Å². The zero-order valence-electron chi connectivity index (χ0n) is 17.7. The number of hydrogen-bond donors (Lipinski definition) is 1. The van der Waals surface area contributed by atoms with Crippen molar-refractivity contribution in [1.82, 2.24) is 9.29 Å². The average Bonchev–Trinajstić information content (AvgIpc) is 2.76. The van der Waals surface area contributed by atoms with Crippen molar-refractivity contribution in [2.45, 2.75) is 25.7 Å². The number of sulfonamides is 1. The van der Waals surface area contributed by atoms with E-state index in [9.17, 15) is 13.2 Å². The molecule has 0 aliphatic carbocycles. The molecule has 0 atom stereocenters. The van der Waals surface area contributed by atoms with Gasteiger partial charge in [-0.25, -0.2) is 8.42 Å². The van der Waals surface area contributed by atoms with Gasteiger partial charge in [-0.1, -0.05) is 26.0 Å². The molecule has 0 unspecified atom stereocenters. The fourth-order valence-electron chi connectivity index (χ4n) is 3.07. The van der Waals surface area contributed by atoms with Gasteiger partial charge in [-0.05, 0) is 55.0 Å². The molecule has 0 fully saturated rings. The number of carbonyl (C=O) groups is 1. The van der Waals surface area contributed by atoms with Crippen molar-refractivity contribution in [2.24, 2.45) is 0 Å². The number of nitrogens with zero attached hydrogens (tertiary/aromatic N) is 2. The van der Waals surface area contributed by atoms with Gasteiger partial charge < -0.3 is 10.1 Å². The number of nitrogens with one attached hydrogen (secondary N) is 1. The zero-order chi connectivity index (χ0) is 22.4. The highest BCUT2D eigenvalue weighted by molar-refractivity contribution is 7.89. The van der Waals surface area contributed by atoms with Gasteiger partial charge in [-0.2, -0.15) is 4.31 Å². The SMILES string of the molecule is CCN(CC)S(=O)(=O)c1ccc(Oc2cccc(C)c2)c(NC(=O)c2ccncc2)c1. The number of amides is 1. The van der Waals surface area contributed by atoms with Crippen LogP contribution in [0.1, 0.15) is 29.8 Å². The number of benzene rings is 2. The number of anilines is 1. The van der Waals surface area contributed by atoms with Crippen LogP contribution in [0.15, 0.2) is 71.9 Å². The Morgan fingerprint density at radius 2 is 1.74 bits per heavy atom. The molecule has 3 rings (SSSR count). The third kappa shape index (κ3) is 5.28. The molecular weight excluding hydrogens is 414 g/mol. The van der Waals surface area contributed by atoms with Gasteiger partial charge in [-0.15, -0.1) is 0 Å². The second-order valence-corrected chi connectivity index (χ2v) is 8.79. The molecule has 8 heteroatoms. The quantitative estimate of drug-likeness (QED) is 0.560. The van der Waals surface area contributed by atoms with Gasteiger partial charge in [0.15, 0.2) is 5.75 Å². The Hall–Kier alpha value is -3.23. The Labute approximate surface area is 182 Å². The monoisotopic (exact) mass is 439 g/mol. The first-order valence-corrected chi connectivity index (χ1v) is 11.4. The predicted molar refractivity (Wildman–Crippen MR) is 120 cm³/mol. The number of aryl methyl sites for hydroxylation is 1. The summed E-state index contributed by atoms with van der Waals surface area (Å²) in [6, 6.07) is 15.1.